The topological polar surface area (TPSA) is 78.9 Å². The normalized spacial score (nSPS) is 10.1. The molecule has 1 aromatic carbocycles. The van der Waals surface area contributed by atoms with Crippen LogP contribution in [0.5, 0.6) is 0 Å². The number of nitrogens with zero attached hydrogens (tertiary/aromatic N) is 1. The second kappa shape index (κ2) is 6.33. The van der Waals surface area contributed by atoms with Crippen molar-refractivity contribution in [1.29, 1.82) is 5.26 Å². The van der Waals surface area contributed by atoms with Crippen LogP contribution in [-0.4, -0.2) is 12.5 Å². The summed E-state index contributed by atoms with van der Waals surface area (Å²) in [5.74, 6) is -0.0268. The molecular weight excluding hydrogens is 214 g/mol. The Morgan fingerprint density at radius 1 is 1.59 bits per heavy atom. The van der Waals surface area contributed by atoms with Gasteiger partial charge in [0.05, 0.1) is 11.3 Å². The minimum absolute atomic E-state index is 0.0268. The SMILES string of the molecule is CC(=O)NCCC=Cc1ccc(C#N)c(N)c1. The zero-order valence-corrected chi connectivity index (χ0v) is 9.73. The molecule has 88 valence electrons. The fraction of sp³-hybridized carbons (Fsp3) is 0.231. The lowest BCUT2D eigenvalue weighted by molar-refractivity contribution is -0.118. The highest BCUT2D eigenvalue weighted by molar-refractivity contribution is 5.72. The lowest BCUT2D eigenvalue weighted by Crippen LogP contribution is -2.20. The smallest absolute Gasteiger partial charge is 0.216 e. The molecule has 4 nitrogen and oxygen atoms in total. The summed E-state index contributed by atoms with van der Waals surface area (Å²) in [7, 11) is 0. The molecule has 0 radical (unpaired) electrons. The summed E-state index contributed by atoms with van der Waals surface area (Å²) in [6.45, 7) is 2.11. The fourth-order valence-corrected chi connectivity index (χ4v) is 1.34. The molecule has 1 amide bonds. The third kappa shape index (κ3) is 4.39. The van der Waals surface area contributed by atoms with Crippen LogP contribution in [0.3, 0.4) is 0 Å². The first-order valence-electron chi connectivity index (χ1n) is 5.34. The molecule has 0 atom stereocenters. The van der Waals surface area contributed by atoms with Crippen molar-refractivity contribution in [3.63, 3.8) is 0 Å². The molecular formula is C13H15N3O. The van der Waals surface area contributed by atoms with Gasteiger partial charge in [0.15, 0.2) is 0 Å². The second-order valence-corrected chi connectivity index (χ2v) is 3.63. The first-order chi connectivity index (χ1) is 8.13. The summed E-state index contributed by atoms with van der Waals surface area (Å²) in [6, 6.07) is 7.31. The van der Waals surface area contributed by atoms with E-state index in [9.17, 15) is 4.79 Å². The Morgan fingerprint density at radius 3 is 2.94 bits per heavy atom. The van der Waals surface area contributed by atoms with E-state index in [2.05, 4.69) is 5.32 Å². The molecule has 17 heavy (non-hydrogen) atoms. The van der Waals surface area contributed by atoms with E-state index in [1.54, 1.807) is 12.1 Å². The van der Waals surface area contributed by atoms with Crippen LogP contribution in [0, 0.1) is 11.3 Å². The van der Waals surface area contributed by atoms with E-state index in [-0.39, 0.29) is 5.91 Å². The first-order valence-corrected chi connectivity index (χ1v) is 5.34. The van der Waals surface area contributed by atoms with Gasteiger partial charge < -0.3 is 11.1 Å². The number of nitrogens with two attached hydrogens (primary N) is 1. The number of nitriles is 1. The Morgan fingerprint density at radius 2 is 2.35 bits per heavy atom. The average molecular weight is 229 g/mol. The van der Waals surface area contributed by atoms with Crippen LogP contribution in [0.2, 0.25) is 0 Å². The molecule has 0 aliphatic rings. The minimum Gasteiger partial charge on any atom is -0.398 e. The molecule has 0 saturated heterocycles. The van der Waals surface area contributed by atoms with Crippen molar-refractivity contribution >= 4 is 17.7 Å². The van der Waals surface area contributed by atoms with E-state index in [0.29, 0.717) is 17.8 Å². The van der Waals surface area contributed by atoms with Gasteiger partial charge in [-0.2, -0.15) is 5.26 Å². The molecule has 3 N–H and O–H groups in total. The van der Waals surface area contributed by atoms with Crippen LogP contribution in [0.15, 0.2) is 24.3 Å². The van der Waals surface area contributed by atoms with Crippen LogP contribution in [0.4, 0.5) is 5.69 Å². The highest BCUT2D eigenvalue weighted by atomic mass is 16.1. The zero-order chi connectivity index (χ0) is 12.7. The van der Waals surface area contributed by atoms with Crippen molar-refractivity contribution in [3.8, 4) is 6.07 Å². The van der Waals surface area contributed by atoms with E-state index in [1.807, 2.05) is 24.3 Å². The lowest BCUT2D eigenvalue weighted by atomic mass is 10.1. The quantitative estimate of drug-likeness (QED) is 0.609. The van der Waals surface area contributed by atoms with Crippen LogP contribution < -0.4 is 11.1 Å². The molecule has 0 saturated carbocycles. The highest BCUT2D eigenvalue weighted by Crippen LogP contribution is 2.14. The van der Waals surface area contributed by atoms with Gasteiger partial charge in [-0.25, -0.2) is 0 Å². The molecule has 0 unspecified atom stereocenters. The average Bonchev–Trinajstić information content (AvgIpc) is 2.28. The standard InChI is InChI=1S/C13H15N3O/c1-10(17)16-7-3-2-4-11-5-6-12(9-14)13(15)8-11/h2,4-6,8H,3,7,15H2,1H3,(H,16,17). The number of rotatable bonds is 4. The Bertz CT molecular complexity index is 472. The number of amides is 1. The Hall–Kier alpha value is -2.28. The van der Waals surface area contributed by atoms with Gasteiger partial charge in [-0.3, -0.25) is 4.79 Å². The molecule has 0 aromatic heterocycles. The second-order valence-electron chi connectivity index (χ2n) is 3.63. The Kier molecular flexibility index (Phi) is 4.77. The summed E-state index contributed by atoms with van der Waals surface area (Å²) in [4.78, 5) is 10.6. The maximum Gasteiger partial charge on any atom is 0.216 e. The monoisotopic (exact) mass is 229 g/mol. The summed E-state index contributed by atoms with van der Waals surface area (Å²) in [6.07, 6.45) is 4.63. The molecule has 1 aromatic rings. The van der Waals surface area contributed by atoms with Gasteiger partial charge in [-0.05, 0) is 24.1 Å². The molecule has 4 heteroatoms. The molecule has 0 bridgehead atoms. The van der Waals surface area contributed by atoms with Crippen LogP contribution in [-0.2, 0) is 4.79 Å². The fourth-order valence-electron chi connectivity index (χ4n) is 1.34. The van der Waals surface area contributed by atoms with Crippen LogP contribution >= 0.6 is 0 Å². The number of nitrogen functional groups attached to an aromatic ring is 1. The summed E-state index contributed by atoms with van der Waals surface area (Å²) in [5.41, 5.74) is 7.61. The molecule has 0 aliphatic heterocycles. The Balaban J connectivity index is 2.52. The third-order valence-electron chi connectivity index (χ3n) is 2.19. The number of anilines is 1. The lowest BCUT2D eigenvalue weighted by Gasteiger charge is -1.99. The number of carbonyl (C=O) groups is 1. The van der Waals surface area contributed by atoms with Gasteiger partial charge in [0.1, 0.15) is 6.07 Å². The highest BCUT2D eigenvalue weighted by Gasteiger charge is 1.97. The summed E-state index contributed by atoms with van der Waals surface area (Å²) in [5, 5.41) is 11.4. The first kappa shape index (κ1) is 12.8. The van der Waals surface area contributed by atoms with E-state index < -0.39 is 0 Å². The van der Waals surface area contributed by atoms with Crippen molar-refractivity contribution in [2.75, 3.05) is 12.3 Å². The zero-order valence-electron chi connectivity index (χ0n) is 9.73. The third-order valence-corrected chi connectivity index (χ3v) is 2.19. The number of hydrogen-bond donors (Lipinski definition) is 2. The number of benzene rings is 1. The predicted molar refractivity (Wildman–Crippen MR) is 67.9 cm³/mol. The van der Waals surface area contributed by atoms with Gasteiger partial charge >= 0.3 is 0 Å². The van der Waals surface area contributed by atoms with Gasteiger partial charge in [-0.1, -0.05) is 18.2 Å². The van der Waals surface area contributed by atoms with Crippen molar-refractivity contribution in [1.82, 2.24) is 5.32 Å². The van der Waals surface area contributed by atoms with E-state index >= 15 is 0 Å². The van der Waals surface area contributed by atoms with Crippen LogP contribution in [0.25, 0.3) is 6.08 Å². The number of carbonyl (C=O) groups excluding carboxylic acids is 1. The van der Waals surface area contributed by atoms with Crippen LogP contribution in [0.1, 0.15) is 24.5 Å². The van der Waals surface area contributed by atoms with Crippen molar-refractivity contribution < 1.29 is 4.79 Å². The van der Waals surface area contributed by atoms with Gasteiger partial charge in [0, 0.05) is 13.5 Å². The summed E-state index contributed by atoms with van der Waals surface area (Å²) < 4.78 is 0. The molecule has 0 heterocycles. The van der Waals surface area contributed by atoms with E-state index in [0.717, 1.165) is 12.0 Å². The molecule has 0 spiro atoms. The van der Waals surface area contributed by atoms with Crippen molar-refractivity contribution in [2.24, 2.45) is 0 Å². The predicted octanol–water partition coefficient (Wildman–Crippen LogP) is 1.68. The summed E-state index contributed by atoms with van der Waals surface area (Å²) >= 11 is 0. The van der Waals surface area contributed by atoms with E-state index in [4.69, 9.17) is 11.0 Å². The maximum absolute atomic E-state index is 10.6. The molecule has 0 fully saturated rings. The molecule has 0 aliphatic carbocycles. The van der Waals surface area contributed by atoms with Crippen molar-refractivity contribution in [2.45, 2.75) is 13.3 Å². The molecule has 1 rings (SSSR count). The van der Waals surface area contributed by atoms with Gasteiger partial charge in [-0.15, -0.1) is 0 Å². The maximum atomic E-state index is 10.6. The van der Waals surface area contributed by atoms with Crippen molar-refractivity contribution in [3.05, 3.63) is 35.4 Å². The Labute approximate surface area is 101 Å². The van der Waals surface area contributed by atoms with Gasteiger partial charge in [0.2, 0.25) is 5.91 Å². The number of hydrogen-bond acceptors (Lipinski definition) is 3. The van der Waals surface area contributed by atoms with E-state index in [1.165, 1.54) is 6.92 Å². The largest absolute Gasteiger partial charge is 0.398 e. The van der Waals surface area contributed by atoms with Gasteiger partial charge in [0.25, 0.3) is 0 Å². The number of nitrogens with one attached hydrogen (secondary N) is 1. The minimum atomic E-state index is -0.0268.